The predicted octanol–water partition coefficient (Wildman–Crippen LogP) is 3.22. The summed E-state index contributed by atoms with van der Waals surface area (Å²) in [6.45, 7) is 4.21. The zero-order valence-corrected chi connectivity index (χ0v) is 18.7. The average molecular weight is 455 g/mol. The molecule has 166 valence electrons. The van der Waals surface area contributed by atoms with Gasteiger partial charge in [0.1, 0.15) is 0 Å². The third kappa shape index (κ3) is 3.28. The second kappa shape index (κ2) is 8.24. The minimum atomic E-state index is -0.202. The molecule has 0 N–H and O–H groups in total. The molecule has 0 unspecified atom stereocenters. The van der Waals surface area contributed by atoms with Gasteiger partial charge in [0.25, 0.3) is 5.56 Å². The van der Waals surface area contributed by atoms with Crippen LogP contribution >= 0.6 is 11.6 Å². The van der Waals surface area contributed by atoms with Gasteiger partial charge in [0.15, 0.2) is 17.3 Å². The third-order valence-corrected chi connectivity index (χ3v) is 6.47. The van der Waals surface area contributed by atoms with Crippen molar-refractivity contribution in [3.05, 3.63) is 56.8 Å². The number of rotatable bonds is 5. The molecule has 0 bridgehead atoms. The lowest BCUT2D eigenvalue weighted by Gasteiger charge is -2.27. The van der Waals surface area contributed by atoms with Gasteiger partial charge in [-0.1, -0.05) is 17.7 Å². The summed E-state index contributed by atoms with van der Waals surface area (Å²) in [5.41, 5.74) is 2.34. The standard InChI is InChI=1S/C24H23ClN2O5/c1-30-19-12-17-18(13-20(19)31-2)27(6-5-26-7-9-32-10-8-26)24(29)22-15-4-3-14(25)11-16(15)23(28)21(17)22/h3-4,11-13H,5-10H2,1-2H3. The zero-order valence-electron chi connectivity index (χ0n) is 17.9. The first-order chi connectivity index (χ1) is 15.5. The summed E-state index contributed by atoms with van der Waals surface area (Å²) < 4.78 is 18.2. The maximum absolute atomic E-state index is 13.8. The number of carbonyl (C=O) groups excluding carboxylic acids is 1. The lowest BCUT2D eigenvalue weighted by molar-refractivity contribution is 0.0364. The molecule has 2 heterocycles. The number of ketones is 1. The van der Waals surface area contributed by atoms with Gasteiger partial charge in [-0.05, 0) is 23.8 Å². The van der Waals surface area contributed by atoms with Gasteiger partial charge >= 0.3 is 0 Å². The summed E-state index contributed by atoms with van der Waals surface area (Å²) in [5, 5.41) is 1.12. The molecule has 1 saturated heterocycles. The SMILES string of the molecule is COc1cc2c3c(c(=O)n(CCN4CCOCC4)c2cc1OC)-c1ccc(Cl)cc1C3=O. The molecular weight excluding hydrogens is 432 g/mol. The van der Waals surface area contributed by atoms with E-state index < -0.39 is 0 Å². The number of carbonyl (C=O) groups is 1. The lowest BCUT2D eigenvalue weighted by atomic mass is 10.0. The van der Waals surface area contributed by atoms with Crippen molar-refractivity contribution in [2.24, 2.45) is 0 Å². The molecule has 1 aliphatic heterocycles. The molecule has 1 aromatic heterocycles. The number of fused-ring (bicyclic) bond motifs is 5. The highest BCUT2D eigenvalue weighted by Gasteiger charge is 2.33. The number of aromatic nitrogens is 1. The number of pyridine rings is 1. The number of benzene rings is 2. The molecule has 5 rings (SSSR count). The van der Waals surface area contributed by atoms with Crippen LogP contribution in [-0.4, -0.2) is 62.3 Å². The van der Waals surface area contributed by atoms with Crippen molar-refractivity contribution < 1.29 is 19.0 Å². The molecule has 0 atom stereocenters. The van der Waals surface area contributed by atoms with Crippen LogP contribution in [0.2, 0.25) is 5.02 Å². The molecule has 7 nitrogen and oxygen atoms in total. The van der Waals surface area contributed by atoms with Gasteiger partial charge in [-0.25, -0.2) is 0 Å². The highest BCUT2D eigenvalue weighted by atomic mass is 35.5. The minimum absolute atomic E-state index is 0.192. The summed E-state index contributed by atoms with van der Waals surface area (Å²) in [7, 11) is 3.10. The number of halogens is 1. The minimum Gasteiger partial charge on any atom is -0.493 e. The van der Waals surface area contributed by atoms with Gasteiger partial charge in [-0.15, -0.1) is 0 Å². The van der Waals surface area contributed by atoms with Crippen molar-refractivity contribution >= 4 is 28.3 Å². The number of morpholine rings is 1. The Morgan fingerprint density at radius 1 is 0.938 bits per heavy atom. The number of hydrogen-bond donors (Lipinski definition) is 0. The van der Waals surface area contributed by atoms with Crippen molar-refractivity contribution in [2.45, 2.75) is 6.54 Å². The van der Waals surface area contributed by atoms with Gasteiger partial charge in [0.2, 0.25) is 0 Å². The quantitative estimate of drug-likeness (QED) is 0.461. The Labute approximate surface area is 190 Å². The topological polar surface area (TPSA) is 70.0 Å². The fraction of sp³-hybridized carbons (Fsp3) is 0.333. The smallest absolute Gasteiger partial charge is 0.259 e. The van der Waals surface area contributed by atoms with E-state index in [1.54, 1.807) is 49.1 Å². The Balaban J connectivity index is 1.75. The van der Waals surface area contributed by atoms with Crippen LogP contribution < -0.4 is 15.0 Å². The van der Waals surface area contributed by atoms with E-state index in [1.807, 2.05) is 0 Å². The van der Waals surface area contributed by atoms with E-state index in [9.17, 15) is 9.59 Å². The summed E-state index contributed by atoms with van der Waals surface area (Å²) in [4.78, 5) is 29.4. The summed E-state index contributed by atoms with van der Waals surface area (Å²) in [5.74, 6) is 0.806. The van der Waals surface area contributed by atoms with Crippen LogP contribution in [0.5, 0.6) is 11.5 Å². The maximum Gasteiger partial charge on any atom is 0.259 e. The second-order valence-electron chi connectivity index (χ2n) is 7.90. The van der Waals surface area contributed by atoms with Gasteiger partial charge < -0.3 is 18.8 Å². The molecule has 1 aliphatic carbocycles. The maximum atomic E-state index is 13.8. The fourth-order valence-electron chi connectivity index (χ4n) is 4.61. The molecule has 0 amide bonds. The van der Waals surface area contributed by atoms with Crippen molar-refractivity contribution in [3.63, 3.8) is 0 Å². The molecule has 32 heavy (non-hydrogen) atoms. The van der Waals surface area contributed by atoms with Crippen LogP contribution in [0.1, 0.15) is 15.9 Å². The molecule has 0 radical (unpaired) electrons. The van der Waals surface area contributed by atoms with Gasteiger partial charge in [-0.3, -0.25) is 14.5 Å². The van der Waals surface area contributed by atoms with Crippen LogP contribution in [-0.2, 0) is 11.3 Å². The Morgan fingerprint density at radius 2 is 1.66 bits per heavy atom. The Kier molecular flexibility index (Phi) is 5.41. The molecule has 0 saturated carbocycles. The van der Waals surface area contributed by atoms with Crippen LogP contribution in [0, 0.1) is 0 Å². The first-order valence-electron chi connectivity index (χ1n) is 10.5. The monoisotopic (exact) mass is 454 g/mol. The zero-order chi connectivity index (χ0) is 22.4. The van der Waals surface area contributed by atoms with Crippen molar-refractivity contribution in [3.8, 4) is 22.6 Å². The van der Waals surface area contributed by atoms with Crippen LogP contribution in [0.3, 0.4) is 0 Å². The number of ether oxygens (including phenoxy) is 3. The van der Waals surface area contributed by atoms with Gasteiger partial charge in [0, 0.05) is 53.8 Å². The van der Waals surface area contributed by atoms with Crippen molar-refractivity contribution in [1.29, 1.82) is 0 Å². The van der Waals surface area contributed by atoms with Crippen LogP contribution in [0.25, 0.3) is 22.0 Å². The molecule has 3 aromatic rings. The van der Waals surface area contributed by atoms with E-state index in [2.05, 4.69) is 4.90 Å². The van der Waals surface area contributed by atoms with Crippen LogP contribution in [0.15, 0.2) is 35.1 Å². The molecule has 2 aliphatic rings. The Bertz CT molecular complexity index is 1290. The summed E-state index contributed by atoms with van der Waals surface area (Å²) in [6, 6.07) is 8.64. The molecule has 2 aromatic carbocycles. The Morgan fingerprint density at radius 3 is 2.38 bits per heavy atom. The normalized spacial score (nSPS) is 15.7. The van der Waals surface area contributed by atoms with Gasteiger partial charge in [-0.2, -0.15) is 0 Å². The highest BCUT2D eigenvalue weighted by molar-refractivity contribution is 6.33. The first-order valence-corrected chi connectivity index (χ1v) is 10.9. The first kappa shape index (κ1) is 21.0. The number of methoxy groups -OCH3 is 2. The average Bonchev–Trinajstić information content (AvgIpc) is 3.11. The Hall–Kier alpha value is -2.87. The third-order valence-electron chi connectivity index (χ3n) is 6.24. The van der Waals surface area contributed by atoms with E-state index in [0.29, 0.717) is 76.0 Å². The number of hydrogen-bond acceptors (Lipinski definition) is 6. The van der Waals surface area contributed by atoms with Gasteiger partial charge in [0.05, 0.1) is 38.5 Å². The number of nitrogens with zero attached hydrogens (tertiary/aromatic N) is 2. The summed E-state index contributed by atoms with van der Waals surface area (Å²) >= 11 is 6.16. The molecular formula is C24H23ClN2O5. The van der Waals surface area contributed by atoms with Crippen LogP contribution in [0.4, 0.5) is 0 Å². The van der Waals surface area contributed by atoms with E-state index in [0.717, 1.165) is 13.1 Å². The molecule has 1 fully saturated rings. The largest absolute Gasteiger partial charge is 0.493 e. The highest BCUT2D eigenvalue weighted by Crippen LogP contribution is 2.42. The van der Waals surface area contributed by atoms with Crippen molar-refractivity contribution in [1.82, 2.24) is 9.47 Å². The molecule has 0 spiro atoms. The second-order valence-corrected chi connectivity index (χ2v) is 8.34. The predicted molar refractivity (Wildman–Crippen MR) is 122 cm³/mol. The van der Waals surface area contributed by atoms with Crippen molar-refractivity contribution in [2.75, 3.05) is 47.1 Å². The van der Waals surface area contributed by atoms with E-state index in [1.165, 1.54) is 0 Å². The summed E-state index contributed by atoms with van der Waals surface area (Å²) in [6.07, 6.45) is 0. The van der Waals surface area contributed by atoms with E-state index in [-0.39, 0.29) is 11.3 Å². The fourth-order valence-corrected chi connectivity index (χ4v) is 4.78. The van der Waals surface area contributed by atoms with E-state index in [4.69, 9.17) is 25.8 Å². The lowest BCUT2D eigenvalue weighted by Crippen LogP contribution is -2.39. The molecule has 8 heteroatoms. The van der Waals surface area contributed by atoms with E-state index >= 15 is 0 Å².